The lowest BCUT2D eigenvalue weighted by molar-refractivity contribution is 0.306. The Balaban J connectivity index is 0.00000243. The molecule has 0 spiro atoms. The van der Waals surface area contributed by atoms with E-state index in [1.165, 1.54) is 48.8 Å². The molecule has 0 bridgehead atoms. The fourth-order valence-corrected chi connectivity index (χ4v) is 3.17. The Kier molecular flexibility index (Phi) is 8.73. The van der Waals surface area contributed by atoms with Crippen LogP contribution in [0.5, 0.6) is 5.75 Å². The van der Waals surface area contributed by atoms with Crippen molar-refractivity contribution in [3.05, 3.63) is 76.9 Å². The molecule has 0 unspecified atom stereocenters. The molecular weight excluding hydrogens is 342 g/mol. The summed E-state index contributed by atoms with van der Waals surface area (Å²) in [5, 5.41) is 3.55. The summed E-state index contributed by atoms with van der Waals surface area (Å²) in [5.74, 6) is 0.927. The molecule has 0 radical (unpaired) electrons. The van der Waals surface area contributed by atoms with Crippen molar-refractivity contribution in [1.82, 2.24) is 5.32 Å². The zero-order valence-electron chi connectivity index (χ0n) is 15.7. The molecule has 0 saturated heterocycles. The number of hydrogen-bond acceptors (Lipinski definition) is 2. The van der Waals surface area contributed by atoms with Crippen LogP contribution in [0.4, 0.5) is 0 Å². The molecule has 1 N–H and O–H groups in total. The molecule has 3 rings (SSSR count). The average molecular weight is 372 g/mol. The fourth-order valence-electron chi connectivity index (χ4n) is 3.17. The highest BCUT2D eigenvalue weighted by Crippen LogP contribution is 2.19. The zero-order chi connectivity index (χ0) is 17.3. The lowest BCUT2D eigenvalue weighted by Crippen LogP contribution is -2.15. The second-order valence-corrected chi connectivity index (χ2v) is 6.95. The molecule has 2 nitrogen and oxygen atoms in total. The number of ether oxygens (including phenoxy) is 1. The van der Waals surface area contributed by atoms with Crippen LogP contribution in [0.1, 0.15) is 48.8 Å². The van der Waals surface area contributed by atoms with Crippen LogP contribution in [0.25, 0.3) is 0 Å². The first-order chi connectivity index (χ1) is 12.3. The molecule has 1 aliphatic carbocycles. The number of allylic oxidation sites excluding steroid dienone is 1. The van der Waals surface area contributed by atoms with E-state index in [1.54, 1.807) is 5.57 Å². The number of aryl methyl sites for hydroxylation is 1. The number of hydrogen-bond donors (Lipinski definition) is 1. The van der Waals surface area contributed by atoms with Crippen LogP contribution in [0.3, 0.4) is 0 Å². The summed E-state index contributed by atoms with van der Waals surface area (Å²) in [6.07, 6.45) is 8.95. The van der Waals surface area contributed by atoms with Crippen molar-refractivity contribution in [2.45, 2.75) is 52.2 Å². The summed E-state index contributed by atoms with van der Waals surface area (Å²) in [4.78, 5) is 0. The second kappa shape index (κ2) is 11.1. The van der Waals surface area contributed by atoms with Crippen LogP contribution in [0.15, 0.2) is 60.2 Å². The fraction of sp³-hybridized carbons (Fsp3) is 0.391. The largest absolute Gasteiger partial charge is 0.489 e. The Labute approximate surface area is 164 Å². The topological polar surface area (TPSA) is 21.3 Å². The quantitative estimate of drug-likeness (QED) is 0.455. The van der Waals surface area contributed by atoms with E-state index in [-0.39, 0.29) is 12.4 Å². The van der Waals surface area contributed by atoms with Crippen LogP contribution in [-0.2, 0) is 13.2 Å². The Bertz CT molecular complexity index is 676. The standard InChI is InChI=1S/C23H29NO.ClH/c1-19-7-9-22(10-8-19)18-25-23-13-11-21(12-14-23)17-24-16-15-20-5-3-2-4-6-20;/h5,7-14,24H,2-4,6,15-18H2,1H3;1H. The van der Waals surface area contributed by atoms with Gasteiger partial charge < -0.3 is 10.1 Å². The summed E-state index contributed by atoms with van der Waals surface area (Å²) >= 11 is 0. The highest BCUT2D eigenvalue weighted by Gasteiger charge is 2.03. The van der Waals surface area contributed by atoms with E-state index in [2.05, 4.69) is 66.8 Å². The summed E-state index contributed by atoms with van der Waals surface area (Å²) in [6.45, 7) is 4.71. The van der Waals surface area contributed by atoms with E-state index in [1.807, 2.05) is 0 Å². The predicted molar refractivity (Wildman–Crippen MR) is 112 cm³/mol. The minimum Gasteiger partial charge on any atom is -0.489 e. The van der Waals surface area contributed by atoms with Gasteiger partial charge in [-0.15, -0.1) is 12.4 Å². The van der Waals surface area contributed by atoms with E-state index in [0.717, 1.165) is 18.8 Å². The molecule has 2 aromatic carbocycles. The summed E-state index contributed by atoms with van der Waals surface area (Å²) in [6, 6.07) is 16.9. The van der Waals surface area contributed by atoms with Crippen molar-refractivity contribution in [1.29, 1.82) is 0 Å². The maximum absolute atomic E-state index is 5.86. The third-order valence-corrected chi connectivity index (χ3v) is 4.79. The summed E-state index contributed by atoms with van der Waals surface area (Å²) < 4.78 is 5.86. The van der Waals surface area contributed by atoms with Gasteiger partial charge in [0.15, 0.2) is 0 Å². The van der Waals surface area contributed by atoms with Gasteiger partial charge in [0.05, 0.1) is 0 Å². The van der Waals surface area contributed by atoms with Crippen LogP contribution in [0.2, 0.25) is 0 Å². The molecule has 0 heterocycles. The molecule has 1 aliphatic rings. The molecule has 0 aromatic heterocycles. The minimum atomic E-state index is 0. The SMILES string of the molecule is Cc1ccc(COc2ccc(CNCCC3=CCCCC3)cc2)cc1.Cl. The number of rotatable bonds is 8. The van der Waals surface area contributed by atoms with E-state index < -0.39 is 0 Å². The average Bonchev–Trinajstić information content (AvgIpc) is 2.67. The molecule has 2 aromatic rings. The third-order valence-electron chi connectivity index (χ3n) is 4.79. The molecule has 26 heavy (non-hydrogen) atoms. The summed E-state index contributed by atoms with van der Waals surface area (Å²) in [7, 11) is 0. The second-order valence-electron chi connectivity index (χ2n) is 6.95. The van der Waals surface area contributed by atoms with Gasteiger partial charge in [-0.05, 0) is 68.8 Å². The van der Waals surface area contributed by atoms with Gasteiger partial charge in [0, 0.05) is 6.54 Å². The van der Waals surface area contributed by atoms with Gasteiger partial charge in [0.2, 0.25) is 0 Å². The van der Waals surface area contributed by atoms with Gasteiger partial charge in [-0.1, -0.05) is 53.6 Å². The van der Waals surface area contributed by atoms with Gasteiger partial charge in [-0.2, -0.15) is 0 Å². The Morgan fingerprint density at radius 3 is 2.35 bits per heavy atom. The van der Waals surface area contributed by atoms with Crippen molar-refractivity contribution in [2.24, 2.45) is 0 Å². The first kappa shape index (κ1) is 20.5. The van der Waals surface area contributed by atoms with Gasteiger partial charge in [0.1, 0.15) is 12.4 Å². The normalized spacial score (nSPS) is 13.7. The van der Waals surface area contributed by atoms with Crippen molar-refractivity contribution >= 4 is 12.4 Å². The van der Waals surface area contributed by atoms with E-state index in [4.69, 9.17) is 4.74 Å². The smallest absolute Gasteiger partial charge is 0.119 e. The lowest BCUT2D eigenvalue weighted by Gasteiger charge is -2.13. The molecule has 0 atom stereocenters. The van der Waals surface area contributed by atoms with E-state index in [9.17, 15) is 0 Å². The lowest BCUT2D eigenvalue weighted by atomic mass is 9.97. The first-order valence-electron chi connectivity index (χ1n) is 9.45. The molecule has 0 saturated carbocycles. The zero-order valence-corrected chi connectivity index (χ0v) is 16.5. The van der Waals surface area contributed by atoms with Gasteiger partial charge >= 0.3 is 0 Å². The number of benzene rings is 2. The van der Waals surface area contributed by atoms with Crippen LogP contribution in [-0.4, -0.2) is 6.54 Å². The van der Waals surface area contributed by atoms with E-state index >= 15 is 0 Å². The maximum Gasteiger partial charge on any atom is 0.119 e. The molecule has 0 aliphatic heterocycles. The van der Waals surface area contributed by atoms with Crippen LogP contribution >= 0.6 is 12.4 Å². The van der Waals surface area contributed by atoms with Gasteiger partial charge in [0.25, 0.3) is 0 Å². The molecule has 3 heteroatoms. The highest BCUT2D eigenvalue weighted by atomic mass is 35.5. The Morgan fingerprint density at radius 1 is 0.923 bits per heavy atom. The number of nitrogens with one attached hydrogen (secondary N) is 1. The van der Waals surface area contributed by atoms with Crippen molar-refractivity contribution in [3.63, 3.8) is 0 Å². The minimum absolute atomic E-state index is 0. The van der Waals surface area contributed by atoms with Crippen molar-refractivity contribution < 1.29 is 4.74 Å². The maximum atomic E-state index is 5.86. The van der Waals surface area contributed by atoms with Crippen molar-refractivity contribution in [2.75, 3.05) is 6.54 Å². The molecular formula is C23H30ClNO. The molecule has 0 fully saturated rings. The summed E-state index contributed by atoms with van der Waals surface area (Å²) in [5.41, 5.74) is 5.42. The van der Waals surface area contributed by atoms with Crippen LogP contribution in [0, 0.1) is 6.92 Å². The molecule has 0 amide bonds. The van der Waals surface area contributed by atoms with Crippen LogP contribution < -0.4 is 10.1 Å². The highest BCUT2D eigenvalue weighted by molar-refractivity contribution is 5.85. The van der Waals surface area contributed by atoms with Gasteiger partial charge in [-0.3, -0.25) is 0 Å². The predicted octanol–water partition coefficient (Wildman–Crippen LogP) is 5.98. The third kappa shape index (κ3) is 6.86. The number of halogens is 1. The Morgan fingerprint density at radius 2 is 1.65 bits per heavy atom. The first-order valence-corrected chi connectivity index (χ1v) is 9.45. The monoisotopic (exact) mass is 371 g/mol. The van der Waals surface area contributed by atoms with Gasteiger partial charge in [-0.25, -0.2) is 0 Å². The van der Waals surface area contributed by atoms with E-state index in [0.29, 0.717) is 6.61 Å². The Hall–Kier alpha value is -1.77. The van der Waals surface area contributed by atoms with Crippen molar-refractivity contribution in [3.8, 4) is 5.75 Å². The molecule has 140 valence electrons.